The fourth-order valence-electron chi connectivity index (χ4n) is 4.22. The highest BCUT2D eigenvalue weighted by molar-refractivity contribution is 7.99. The summed E-state index contributed by atoms with van der Waals surface area (Å²) < 4.78 is 5.83. The molecule has 1 aliphatic heterocycles. The maximum atomic E-state index is 12.7. The molecule has 4 heterocycles. The topological polar surface area (TPSA) is 124 Å². The number of imidazole rings is 1. The molecule has 2 N–H and O–H groups in total. The molecule has 5 aromatic rings. The number of H-pyrrole nitrogens is 1. The quantitative estimate of drug-likeness (QED) is 0.326. The molecule has 1 fully saturated rings. The molecule has 37 heavy (non-hydrogen) atoms. The van der Waals surface area contributed by atoms with Gasteiger partial charge in [-0.25, -0.2) is 9.97 Å². The molecule has 0 bridgehead atoms. The molecule has 186 valence electrons. The van der Waals surface area contributed by atoms with Gasteiger partial charge in [0.2, 0.25) is 11.8 Å². The van der Waals surface area contributed by atoms with Crippen molar-refractivity contribution in [2.24, 2.45) is 0 Å². The third-order valence-corrected chi connectivity index (χ3v) is 7.00. The Balaban J connectivity index is 1.07. The molecule has 10 nitrogen and oxygen atoms in total. The summed E-state index contributed by atoms with van der Waals surface area (Å²) in [5, 5.41) is 18.1. The van der Waals surface area contributed by atoms with Crippen molar-refractivity contribution in [2.75, 3.05) is 36.8 Å². The summed E-state index contributed by atoms with van der Waals surface area (Å²) in [6, 6.07) is 18.4. The van der Waals surface area contributed by atoms with Crippen LogP contribution < -0.4 is 4.90 Å². The lowest BCUT2D eigenvalue weighted by molar-refractivity contribution is -0.128. The van der Waals surface area contributed by atoms with E-state index in [1.165, 1.54) is 11.8 Å². The molecule has 0 atom stereocenters. The number of piperazine rings is 1. The lowest BCUT2D eigenvalue weighted by Crippen LogP contribution is -2.49. The first-order chi connectivity index (χ1) is 18.1. The highest BCUT2D eigenvalue weighted by Gasteiger charge is 2.22. The number of fused-ring (bicyclic) bond motifs is 1. The number of hydrogen-bond acceptors (Lipinski definition) is 9. The maximum Gasteiger partial charge on any atom is 0.277 e. The Hall–Kier alpha value is -4.38. The molecule has 0 unspecified atom stereocenters. The average Bonchev–Trinajstić information content (AvgIpc) is 3.60. The van der Waals surface area contributed by atoms with E-state index in [9.17, 15) is 9.90 Å². The van der Waals surface area contributed by atoms with E-state index in [4.69, 9.17) is 4.42 Å². The Kier molecular flexibility index (Phi) is 6.19. The number of nitrogens with zero attached hydrogens (tertiary/aromatic N) is 6. The summed E-state index contributed by atoms with van der Waals surface area (Å²) >= 11 is 1.24. The van der Waals surface area contributed by atoms with Crippen LogP contribution in [0.2, 0.25) is 0 Å². The van der Waals surface area contributed by atoms with Gasteiger partial charge in [-0.15, -0.1) is 10.2 Å². The van der Waals surface area contributed by atoms with E-state index in [0.29, 0.717) is 30.0 Å². The monoisotopic (exact) mass is 513 g/mol. The highest BCUT2D eigenvalue weighted by atomic mass is 32.2. The lowest BCUT2D eigenvalue weighted by Gasteiger charge is -2.35. The van der Waals surface area contributed by atoms with Gasteiger partial charge in [-0.3, -0.25) is 4.79 Å². The first-order valence-corrected chi connectivity index (χ1v) is 12.8. The molecule has 0 saturated carbocycles. The number of aromatic amines is 1. The number of aromatic hydroxyl groups is 1. The summed E-state index contributed by atoms with van der Waals surface area (Å²) in [6.07, 6.45) is 1.78. The van der Waals surface area contributed by atoms with Crippen LogP contribution in [0.4, 0.5) is 5.82 Å². The van der Waals surface area contributed by atoms with Crippen LogP contribution in [0.5, 0.6) is 5.75 Å². The molecule has 6 rings (SSSR count). The number of carbonyl (C=O) groups excluding carboxylic acids is 1. The second-order valence-electron chi connectivity index (χ2n) is 8.58. The molecule has 0 aliphatic carbocycles. The van der Waals surface area contributed by atoms with Crippen LogP contribution >= 0.6 is 11.8 Å². The normalized spacial score (nSPS) is 13.8. The highest BCUT2D eigenvalue weighted by Crippen LogP contribution is 2.28. The molecule has 11 heteroatoms. The predicted octanol–water partition coefficient (Wildman–Crippen LogP) is 3.82. The molecule has 1 saturated heterocycles. The molecule has 3 aromatic heterocycles. The first-order valence-electron chi connectivity index (χ1n) is 11.8. The van der Waals surface area contributed by atoms with Gasteiger partial charge in [-0.2, -0.15) is 0 Å². The van der Waals surface area contributed by atoms with Crippen molar-refractivity contribution in [3.8, 4) is 28.6 Å². The van der Waals surface area contributed by atoms with Crippen LogP contribution in [-0.4, -0.2) is 73.0 Å². The van der Waals surface area contributed by atoms with Gasteiger partial charge in [0.15, 0.2) is 0 Å². The molecular formula is C26H23N7O3S. The van der Waals surface area contributed by atoms with Gasteiger partial charge >= 0.3 is 0 Å². The number of thioether (sulfide) groups is 1. The van der Waals surface area contributed by atoms with E-state index in [2.05, 4.69) is 30.0 Å². The van der Waals surface area contributed by atoms with Crippen molar-refractivity contribution in [1.82, 2.24) is 30.0 Å². The van der Waals surface area contributed by atoms with E-state index in [1.54, 1.807) is 30.5 Å². The SMILES string of the molecule is O=C(CSc1nnc(-c2ccc3nc(-c4ccc(O)cc4)[nH]c3c2)o1)N1CCN(c2ccccn2)CC1. The number of rotatable bonds is 6. The number of phenolic OH excluding ortho intramolecular Hbond substituents is 1. The van der Waals surface area contributed by atoms with Crippen molar-refractivity contribution in [3.05, 3.63) is 66.9 Å². The van der Waals surface area contributed by atoms with Crippen LogP contribution in [-0.2, 0) is 4.79 Å². The Morgan fingerprint density at radius 1 is 1.00 bits per heavy atom. The average molecular weight is 514 g/mol. The summed E-state index contributed by atoms with van der Waals surface area (Å²) in [6.45, 7) is 2.81. The van der Waals surface area contributed by atoms with Crippen LogP contribution in [0, 0.1) is 0 Å². The zero-order valence-electron chi connectivity index (χ0n) is 19.7. The first kappa shape index (κ1) is 23.0. The number of anilines is 1. The minimum atomic E-state index is 0.0473. The minimum Gasteiger partial charge on any atom is -0.508 e. The van der Waals surface area contributed by atoms with Crippen molar-refractivity contribution >= 4 is 34.5 Å². The lowest BCUT2D eigenvalue weighted by atomic mass is 10.2. The van der Waals surface area contributed by atoms with E-state index in [1.807, 2.05) is 41.3 Å². The number of hydrogen-bond donors (Lipinski definition) is 2. The third kappa shape index (κ3) is 4.98. The molecule has 1 amide bonds. The van der Waals surface area contributed by atoms with Gasteiger partial charge in [0.05, 0.1) is 16.8 Å². The maximum absolute atomic E-state index is 12.7. The van der Waals surface area contributed by atoms with Crippen molar-refractivity contribution in [1.29, 1.82) is 0 Å². The molecular weight excluding hydrogens is 490 g/mol. The Bertz CT molecular complexity index is 1530. The van der Waals surface area contributed by atoms with Crippen molar-refractivity contribution in [3.63, 3.8) is 0 Å². The van der Waals surface area contributed by atoms with Gasteiger partial charge in [-0.05, 0) is 54.6 Å². The number of pyridine rings is 1. The largest absolute Gasteiger partial charge is 0.508 e. The van der Waals surface area contributed by atoms with E-state index in [0.717, 1.165) is 41.1 Å². The van der Waals surface area contributed by atoms with Crippen LogP contribution in [0.25, 0.3) is 33.9 Å². The Labute approximate surface area is 216 Å². The predicted molar refractivity (Wildman–Crippen MR) is 140 cm³/mol. The number of aromatic nitrogens is 5. The fourth-order valence-corrected chi connectivity index (χ4v) is 4.89. The van der Waals surface area contributed by atoms with Crippen LogP contribution in [0.15, 0.2) is 76.5 Å². The molecule has 1 aliphatic rings. The Morgan fingerprint density at radius 2 is 1.81 bits per heavy atom. The van der Waals surface area contributed by atoms with Crippen molar-refractivity contribution in [2.45, 2.75) is 5.22 Å². The summed E-state index contributed by atoms with van der Waals surface area (Å²) in [4.78, 5) is 29.1. The van der Waals surface area contributed by atoms with Crippen LogP contribution in [0.1, 0.15) is 0 Å². The van der Waals surface area contributed by atoms with Gasteiger partial charge < -0.3 is 24.3 Å². The van der Waals surface area contributed by atoms with Crippen molar-refractivity contribution < 1.29 is 14.3 Å². The summed E-state index contributed by atoms with van der Waals surface area (Å²) in [7, 11) is 0. The number of benzene rings is 2. The van der Waals surface area contributed by atoms with Crippen LogP contribution in [0.3, 0.4) is 0 Å². The number of phenols is 1. The fraction of sp³-hybridized carbons (Fsp3) is 0.192. The van der Waals surface area contributed by atoms with Gasteiger partial charge in [-0.1, -0.05) is 17.8 Å². The van der Waals surface area contributed by atoms with Gasteiger partial charge in [0.25, 0.3) is 5.22 Å². The zero-order chi connectivity index (χ0) is 25.2. The van der Waals surface area contributed by atoms with Gasteiger partial charge in [0.1, 0.15) is 17.4 Å². The second kappa shape index (κ2) is 9.94. The van der Waals surface area contributed by atoms with E-state index < -0.39 is 0 Å². The number of amides is 1. The number of nitrogens with one attached hydrogen (secondary N) is 1. The smallest absolute Gasteiger partial charge is 0.277 e. The minimum absolute atomic E-state index is 0.0473. The number of carbonyl (C=O) groups is 1. The second-order valence-corrected chi connectivity index (χ2v) is 9.51. The van der Waals surface area contributed by atoms with E-state index >= 15 is 0 Å². The standard InChI is InChI=1S/C26H23N7O3S/c34-19-7-4-17(5-8-19)24-28-20-9-6-18(15-21(20)29-24)25-30-31-26(36-25)37-16-23(35)33-13-11-32(12-14-33)22-3-1-2-10-27-22/h1-10,15,34H,11-14,16H2,(H,28,29). The van der Waals surface area contributed by atoms with E-state index in [-0.39, 0.29) is 17.4 Å². The summed E-state index contributed by atoms with van der Waals surface area (Å²) in [5.74, 6) is 2.51. The van der Waals surface area contributed by atoms with Gasteiger partial charge in [0, 0.05) is 43.5 Å². The zero-order valence-corrected chi connectivity index (χ0v) is 20.6. The molecule has 0 spiro atoms. The molecule has 0 radical (unpaired) electrons. The summed E-state index contributed by atoms with van der Waals surface area (Å²) in [5.41, 5.74) is 3.25. The third-order valence-electron chi connectivity index (χ3n) is 6.20. The Morgan fingerprint density at radius 3 is 2.59 bits per heavy atom. The molecule has 2 aromatic carbocycles.